The minimum absolute atomic E-state index is 0.235. The first-order valence-corrected chi connectivity index (χ1v) is 5.77. The van der Waals surface area contributed by atoms with Crippen molar-refractivity contribution in [2.24, 2.45) is 5.92 Å². The van der Waals surface area contributed by atoms with Crippen molar-refractivity contribution < 1.29 is 4.74 Å². The molecule has 0 amide bonds. The van der Waals surface area contributed by atoms with Gasteiger partial charge in [-0.05, 0) is 30.0 Å². The molecule has 0 bridgehead atoms. The van der Waals surface area contributed by atoms with Gasteiger partial charge in [0.25, 0.3) is 0 Å². The molecule has 0 spiro atoms. The first-order chi connectivity index (χ1) is 8.10. The highest BCUT2D eigenvalue weighted by Gasteiger charge is 2.34. The summed E-state index contributed by atoms with van der Waals surface area (Å²) in [7, 11) is 1.64. The maximum atomic E-state index is 9.53. The molecular weight excluding hydrogens is 210 g/mol. The smallest absolute Gasteiger partial charge is 0.118 e. The normalized spacial score (nSPS) is 13.8. The SMILES string of the molecule is C=CC[C@@](C#N)(c1ccc(OC)cc1)C(C)C. The first kappa shape index (κ1) is 13.3. The molecule has 2 heteroatoms. The van der Waals surface area contributed by atoms with Crippen LogP contribution < -0.4 is 4.74 Å². The second-order valence-corrected chi connectivity index (χ2v) is 4.46. The van der Waals surface area contributed by atoms with E-state index in [1.807, 2.05) is 30.3 Å². The molecule has 1 atom stereocenters. The van der Waals surface area contributed by atoms with E-state index in [9.17, 15) is 5.26 Å². The Balaban J connectivity index is 3.21. The maximum absolute atomic E-state index is 9.53. The molecule has 1 aromatic carbocycles. The predicted octanol–water partition coefficient (Wildman–Crippen LogP) is 3.69. The van der Waals surface area contributed by atoms with Crippen LogP contribution >= 0.6 is 0 Å². The second kappa shape index (κ2) is 5.54. The van der Waals surface area contributed by atoms with Gasteiger partial charge in [0.2, 0.25) is 0 Å². The lowest BCUT2D eigenvalue weighted by Crippen LogP contribution is -2.30. The van der Waals surface area contributed by atoms with Crippen LogP contribution in [-0.4, -0.2) is 7.11 Å². The van der Waals surface area contributed by atoms with Gasteiger partial charge in [-0.15, -0.1) is 6.58 Å². The maximum Gasteiger partial charge on any atom is 0.118 e. The highest BCUT2D eigenvalue weighted by atomic mass is 16.5. The van der Waals surface area contributed by atoms with E-state index in [1.165, 1.54) is 0 Å². The summed E-state index contributed by atoms with van der Waals surface area (Å²) >= 11 is 0. The van der Waals surface area contributed by atoms with Crippen molar-refractivity contribution in [2.45, 2.75) is 25.7 Å². The molecule has 0 aliphatic heterocycles. The molecule has 0 unspecified atom stereocenters. The number of nitriles is 1. The van der Waals surface area contributed by atoms with Gasteiger partial charge in [0.15, 0.2) is 0 Å². The number of allylic oxidation sites excluding steroid dienone is 1. The zero-order valence-electron chi connectivity index (χ0n) is 10.7. The number of ether oxygens (including phenoxy) is 1. The van der Waals surface area contributed by atoms with E-state index in [0.717, 1.165) is 11.3 Å². The molecule has 90 valence electrons. The average molecular weight is 229 g/mol. The van der Waals surface area contributed by atoms with Crippen molar-refractivity contribution >= 4 is 0 Å². The van der Waals surface area contributed by atoms with Crippen LogP contribution in [0.1, 0.15) is 25.8 Å². The molecule has 0 saturated carbocycles. The van der Waals surface area contributed by atoms with Crippen LogP contribution in [0, 0.1) is 17.2 Å². The Morgan fingerprint density at radius 1 is 1.41 bits per heavy atom. The molecule has 0 aromatic heterocycles. The van der Waals surface area contributed by atoms with Crippen molar-refractivity contribution in [3.8, 4) is 11.8 Å². The van der Waals surface area contributed by atoms with Crippen LogP contribution in [0.3, 0.4) is 0 Å². The summed E-state index contributed by atoms with van der Waals surface area (Å²) in [5.74, 6) is 1.04. The number of hydrogen-bond acceptors (Lipinski definition) is 2. The van der Waals surface area contributed by atoms with Crippen LogP contribution in [-0.2, 0) is 5.41 Å². The van der Waals surface area contributed by atoms with E-state index >= 15 is 0 Å². The van der Waals surface area contributed by atoms with Gasteiger partial charge < -0.3 is 4.74 Å². The second-order valence-electron chi connectivity index (χ2n) is 4.46. The van der Waals surface area contributed by atoms with Gasteiger partial charge in [0.05, 0.1) is 18.6 Å². The van der Waals surface area contributed by atoms with Gasteiger partial charge in [-0.25, -0.2) is 0 Å². The topological polar surface area (TPSA) is 33.0 Å². The minimum atomic E-state index is -0.492. The summed E-state index contributed by atoms with van der Waals surface area (Å²) in [6, 6.07) is 10.2. The van der Waals surface area contributed by atoms with E-state index in [4.69, 9.17) is 4.74 Å². The molecule has 0 fully saturated rings. The van der Waals surface area contributed by atoms with Gasteiger partial charge in [0, 0.05) is 0 Å². The van der Waals surface area contributed by atoms with Crippen LogP contribution in [0.15, 0.2) is 36.9 Å². The van der Waals surface area contributed by atoms with Gasteiger partial charge in [-0.1, -0.05) is 32.1 Å². The summed E-state index contributed by atoms with van der Waals surface area (Å²) in [6.45, 7) is 7.89. The Hall–Kier alpha value is -1.75. The number of methoxy groups -OCH3 is 1. The largest absolute Gasteiger partial charge is 0.497 e. The number of nitrogens with zero attached hydrogens (tertiary/aromatic N) is 1. The molecular formula is C15H19NO. The van der Waals surface area contributed by atoms with Gasteiger partial charge in [-0.3, -0.25) is 0 Å². The van der Waals surface area contributed by atoms with E-state index in [1.54, 1.807) is 7.11 Å². The van der Waals surface area contributed by atoms with Crippen LogP contribution in [0.2, 0.25) is 0 Å². The van der Waals surface area contributed by atoms with Crippen LogP contribution in [0.5, 0.6) is 5.75 Å². The van der Waals surface area contributed by atoms with Gasteiger partial charge in [-0.2, -0.15) is 5.26 Å². The fourth-order valence-corrected chi connectivity index (χ4v) is 2.04. The standard InChI is InChI=1S/C15H19NO/c1-5-10-15(11-16,12(2)3)13-6-8-14(17-4)9-7-13/h5-9,12H,1,10H2,2-4H3/t15-/m0/s1. The molecule has 0 heterocycles. The van der Waals surface area contributed by atoms with Gasteiger partial charge >= 0.3 is 0 Å². The molecule has 1 aromatic rings. The lowest BCUT2D eigenvalue weighted by atomic mass is 9.70. The zero-order chi connectivity index (χ0) is 12.9. The average Bonchev–Trinajstić information content (AvgIpc) is 2.36. The third-order valence-electron chi connectivity index (χ3n) is 3.26. The quantitative estimate of drug-likeness (QED) is 0.721. The number of benzene rings is 1. The summed E-state index contributed by atoms with van der Waals surface area (Å²) < 4.78 is 5.13. The Morgan fingerprint density at radius 3 is 2.35 bits per heavy atom. The van der Waals surface area contributed by atoms with Crippen molar-refractivity contribution in [3.05, 3.63) is 42.5 Å². The fraction of sp³-hybridized carbons (Fsp3) is 0.400. The van der Waals surface area contributed by atoms with E-state index in [-0.39, 0.29) is 5.92 Å². The zero-order valence-corrected chi connectivity index (χ0v) is 10.7. The van der Waals surface area contributed by atoms with E-state index < -0.39 is 5.41 Å². The van der Waals surface area contributed by atoms with Crippen molar-refractivity contribution in [1.29, 1.82) is 5.26 Å². The summed E-state index contributed by atoms with van der Waals surface area (Å²) in [5, 5.41) is 9.53. The van der Waals surface area contributed by atoms with Crippen LogP contribution in [0.25, 0.3) is 0 Å². The number of rotatable bonds is 5. The summed E-state index contributed by atoms with van der Waals surface area (Å²) in [4.78, 5) is 0. The Bertz CT molecular complexity index is 414. The number of hydrogen-bond donors (Lipinski definition) is 0. The van der Waals surface area contributed by atoms with E-state index in [2.05, 4.69) is 26.5 Å². The molecule has 2 nitrogen and oxygen atoms in total. The third kappa shape index (κ3) is 2.50. The van der Waals surface area contributed by atoms with Crippen molar-refractivity contribution in [3.63, 3.8) is 0 Å². The lowest BCUT2D eigenvalue weighted by Gasteiger charge is -2.30. The predicted molar refractivity (Wildman–Crippen MR) is 69.9 cm³/mol. The molecule has 17 heavy (non-hydrogen) atoms. The minimum Gasteiger partial charge on any atom is -0.497 e. The highest BCUT2D eigenvalue weighted by Crippen LogP contribution is 2.36. The molecule has 1 rings (SSSR count). The Labute approximate surface area is 104 Å². The fourth-order valence-electron chi connectivity index (χ4n) is 2.04. The highest BCUT2D eigenvalue weighted by molar-refractivity contribution is 5.38. The monoisotopic (exact) mass is 229 g/mol. The molecule has 0 aliphatic carbocycles. The Morgan fingerprint density at radius 2 is 2.00 bits per heavy atom. The van der Waals surface area contributed by atoms with Crippen molar-refractivity contribution in [1.82, 2.24) is 0 Å². The lowest BCUT2D eigenvalue weighted by molar-refractivity contribution is 0.395. The first-order valence-electron chi connectivity index (χ1n) is 5.77. The Kier molecular flexibility index (Phi) is 4.34. The molecule has 0 saturated heterocycles. The molecule has 0 radical (unpaired) electrons. The summed E-state index contributed by atoms with van der Waals surface area (Å²) in [6.07, 6.45) is 2.47. The summed E-state index contributed by atoms with van der Waals surface area (Å²) in [5.41, 5.74) is 0.532. The van der Waals surface area contributed by atoms with Gasteiger partial charge in [0.1, 0.15) is 5.75 Å². The van der Waals surface area contributed by atoms with E-state index in [0.29, 0.717) is 6.42 Å². The third-order valence-corrected chi connectivity index (χ3v) is 3.26. The van der Waals surface area contributed by atoms with Crippen LogP contribution in [0.4, 0.5) is 0 Å². The molecule has 0 N–H and O–H groups in total. The molecule has 0 aliphatic rings. The van der Waals surface area contributed by atoms with Crippen molar-refractivity contribution in [2.75, 3.05) is 7.11 Å².